The molecule has 0 unspecified atom stereocenters. The number of phenolic OH excluding ortho intramolecular Hbond substituents is 1. The average Bonchev–Trinajstić information content (AvgIpc) is 2.70. The monoisotopic (exact) mass is 394 g/mol. The number of azide groups is 1. The predicted molar refractivity (Wildman–Crippen MR) is 101 cm³/mol. The van der Waals surface area contributed by atoms with Gasteiger partial charge < -0.3 is 24.6 Å². The first-order valence-corrected chi connectivity index (χ1v) is 8.95. The zero-order valence-corrected chi connectivity index (χ0v) is 15.7. The molecule has 10 heteroatoms. The minimum absolute atomic E-state index is 0.0674. The molecule has 0 aromatic heterocycles. The topological polar surface area (TPSA) is 143 Å². The number of rotatable bonds is 16. The molecule has 0 saturated carbocycles. The van der Waals surface area contributed by atoms with Crippen LogP contribution in [-0.2, 0) is 25.4 Å². The van der Waals surface area contributed by atoms with Crippen LogP contribution in [0, 0.1) is 0 Å². The first kappa shape index (κ1) is 23.4. The SMILES string of the molecule is [N-]=[N+]=NCCOCCOCCOCCNC(=O)CCc1ccc(O)c(C=O)c1. The summed E-state index contributed by atoms with van der Waals surface area (Å²) in [6.45, 7) is 3.15. The van der Waals surface area contributed by atoms with Crippen molar-refractivity contribution in [1.29, 1.82) is 0 Å². The molecule has 1 aromatic carbocycles. The zero-order valence-electron chi connectivity index (χ0n) is 15.7. The van der Waals surface area contributed by atoms with Crippen LogP contribution in [0.4, 0.5) is 0 Å². The second-order valence-corrected chi connectivity index (χ2v) is 5.65. The van der Waals surface area contributed by atoms with Gasteiger partial charge >= 0.3 is 0 Å². The Balaban J connectivity index is 1.95. The summed E-state index contributed by atoms with van der Waals surface area (Å²) in [5.41, 5.74) is 9.11. The van der Waals surface area contributed by atoms with E-state index in [1.165, 1.54) is 6.07 Å². The molecule has 28 heavy (non-hydrogen) atoms. The van der Waals surface area contributed by atoms with Crippen molar-refractivity contribution in [2.24, 2.45) is 5.11 Å². The largest absolute Gasteiger partial charge is 0.507 e. The third kappa shape index (κ3) is 11.1. The Labute approximate surface area is 163 Å². The number of aldehydes is 1. The number of hydrogen-bond acceptors (Lipinski definition) is 7. The lowest BCUT2D eigenvalue weighted by atomic mass is 10.1. The molecule has 0 aliphatic heterocycles. The molecule has 0 fully saturated rings. The molecule has 2 N–H and O–H groups in total. The van der Waals surface area contributed by atoms with E-state index < -0.39 is 0 Å². The van der Waals surface area contributed by atoms with Gasteiger partial charge in [-0.25, -0.2) is 0 Å². The van der Waals surface area contributed by atoms with Gasteiger partial charge in [-0.3, -0.25) is 9.59 Å². The van der Waals surface area contributed by atoms with E-state index in [-0.39, 0.29) is 23.6 Å². The Hall–Kier alpha value is -2.65. The molecular weight excluding hydrogens is 368 g/mol. The van der Waals surface area contributed by atoms with Gasteiger partial charge in [-0.2, -0.15) is 0 Å². The Morgan fingerprint density at radius 2 is 1.82 bits per heavy atom. The predicted octanol–water partition coefficient (Wildman–Crippen LogP) is 1.61. The van der Waals surface area contributed by atoms with Gasteiger partial charge in [0, 0.05) is 24.4 Å². The highest BCUT2D eigenvalue weighted by molar-refractivity contribution is 5.79. The third-order valence-electron chi connectivity index (χ3n) is 3.57. The molecule has 0 atom stereocenters. The van der Waals surface area contributed by atoms with E-state index in [1.807, 2.05) is 0 Å². The molecule has 1 amide bonds. The molecule has 1 aromatic rings. The third-order valence-corrected chi connectivity index (χ3v) is 3.57. The number of nitrogens with zero attached hydrogens (tertiary/aromatic N) is 3. The van der Waals surface area contributed by atoms with Crippen LogP contribution in [0.5, 0.6) is 5.75 Å². The van der Waals surface area contributed by atoms with Crippen molar-refractivity contribution < 1.29 is 28.9 Å². The normalized spacial score (nSPS) is 10.3. The second kappa shape index (κ2) is 15.4. The van der Waals surface area contributed by atoms with E-state index in [9.17, 15) is 14.7 Å². The van der Waals surface area contributed by atoms with Gasteiger partial charge in [0.2, 0.25) is 5.91 Å². The molecule has 0 aliphatic carbocycles. The lowest BCUT2D eigenvalue weighted by Crippen LogP contribution is -2.27. The van der Waals surface area contributed by atoms with Crippen LogP contribution in [0.3, 0.4) is 0 Å². The Kier molecular flexibility index (Phi) is 12.9. The molecular formula is C18H26N4O6. The summed E-state index contributed by atoms with van der Waals surface area (Å²) in [6, 6.07) is 4.70. The van der Waals surface area contributed by atoms with Crippen LogP contribution >= 0.6 is 0 Å². The highest BCUT2D eigenvalue weighted by atomic mass is 16.5. The number of carbonyl (C=O) groups excluding carboxylic acids is 2. The molecule has 0 aliphatic rings. The summed E-state index contributed by atoms with van der Waals surface area (Å²) in [4.78, 5) is 25.2. The summed E-state index contributed by atoms with van der Waals surface area (Å²) in [6.07, 6.45) is 1.34. The van der Waals surface area contributed by atoms with Crippen molar-refractivity contribution in [3.8, 4) is 5.75 Å². The molecule has 0 radical (unpaired) electrons. The van der Waals surface area contributed by atoms with Crippen LogP contribution < -0.4 is 5.32 Å². The van der Waals surface area contributed by atoms with Gasteiger partial charge in [0.25, 0.3) is 0 Å². The Bertz CT molecular complexity index is 649. The fraction of sp³-hybridized carbons (Fsp3) is 0.556. The fourth-order valence-electron chi connectivity index (χ4n) is 2.15. The van der Waals surface area contributed by atoms with Crippen LogP contribution in [0.1, 0.15) is 22.3 Å². The van der Waals surface area contributed by atoms with Crippen molar-refractivity contribution in [1.82, 2.24) is 5.32 Å². The Morgan fingerprint density at radius 3 is 2.50 bits per heavy atom. The van der Waals surface area contributed by atoms with Gasteiger partial charge in [-0.05, 0) is 29.6 Å². The van der Waals surface area contributed by atoms with Gasteiger partial charge in [-0.1, -0.05) is 11.2 Å². The maximum atomic E-state index is 11.8. The number of nitrogens with one attached hydrogen (secondary N) is 1. The van der Waals surface area contributed by atoms with Gasteiger partial charge in [0.1, 0.15) is 5.75 Å². The first-order chi connectivity index (χ1) is 13.7. The van der Waals surface area contributed by atoms with Crippen LogP contribution in [-0.4, -0.2) is 70.0 Å². The van der Waals surface area contributed by atoms with E-state index >= 15 is 0 Å². The number of ether oxygens (including phenoxy) is 3. The van der Waals surface area contributed by atoms with E-state index in [4.69, 9.17) is 19.7 Å². The summed E-state index contributed by atoms with van der Waals surface area (Å²) in [5.74, 6) is -0.180. The average molecular weight is 394 g/mol. The summed E-state index contributed by atoms with van der Waals surface area (Å²) >= 11 is 0. The van der Waals surface area contributed by atoms with Gasteiger partial charge in [0.15, 0.2) is 6.29 Å². The van der Waals surface area contributed by atoms with E-state index in [2.05, 4.69) is 15.3 Å². The zero-order chi connectivity index (χ0) is 20.5. The van der Waals surface area contributed by atoms with Crippen molar-refractivity contribution in [2.45, 2.75) is 12.8 Å². The smallest absolute Gasteiger partial charge is 0.220 e. The number of carbonyl (C=O) groups is 2. The fourth-order valence-corrected chi connectivity index (χ4v) is 2.15. The maximum Gasteiger partial charge on any atom is 0.220 e. The van der Waals surface area contributed by atoms with Gasteiger partial charge in [0.05, 0.1) is 45.2 Å². The molecule has 1 rings (SSSR count). The number of aromatic hydroxyl groups is 1. The van der Waals surface area contributed by atoms with Gasteiger partial charge in [-0.15, -0.1) is 0 Å². The number of benzene rings is 1. The standard InChI is InChI=1S/C18H26N4O6/c19-22-21-6-8-27-10-12-28-11-9-26-7-5-20-18(25)4-2-15-1-3-17(24)16(13-15)14-23/h1,3,13-14,24H,2,4-12H2,(H,20,25). The van der Waals surface area contributed by atoms with E-state index in [0.29, 0.717) is 65.4 Å². The molecule has 10 nitrogen and oxygen atoms in total. The minimum atomic E-state index is -0.113. The molecule has 0 bridgehead atoms. The number of phenols is 1. The maximum absolute atomic E-state index is 11.8. The Morgan fingerprint density at radius 1 is 1.14 bits per heavy atom. The van der Waals surface area contributed by atoms with Crippen molar-refractivity contribution in [2.75, 3.05) is 52.7 Å². The van der Waals surface area contributed by atoms with E-state index in [0.717, 1.165) is 5.56 Å². The summed E-state index contributed by atoms with van der Waals surface area (Å²) in [5, 5.41) is 15.5. The van der Waals surface area contributed by atoms with Crippen LogP contribution in [0.2, 0.25) is 0 Å². The number of amides is 1. The quantitative estimate of drug-likeness (QED) is 0.143. The molecule has 0 heterocycles. The number of hydrogen-bond donors (Lipinski definition) is 2. The van der Waals surface area contributed by atoms with Crippen molar-refractivity contribution in [3.05, 3.63) is 39.8 Å². The summed E-state index contributed by atoms with van der Waals surface area (Å²) < 4.78 is 15.8. The second-order valence-electron chi connectivity index (χ2n) is 5.65. The minimum Gasteiger partial charge on any atom is -0.507 e. The number of aryl methyl sites for hydroxylation is 1. The lowest BCUT2D eigenvalue weighted by molar-refractivity contribution is -0.121. The highest BCUT2D eigenvalue weighted by Gasteiger charge is 2.05. The van der Waals surface area contributed by atoms with Crippen LogP contribution in [0.25, 0.3) is 10.4 Å². The van der Waals surface area contributed by atoms with Crippen molar-refractivity contribution in [3.63, 3.8) is 0 Å². The lowest BCUT2D eigenvalue weighted by Gasteiger charge is -2.08. The van der Waals surface area contributed by atoms with Crippen molar-refractivity contribution >= 4 is 12.2 Å². The van der Waals surface area contributed by atoms with E-state index in [1.54, 1.807) is 12.1 Å². The molecule has 154 valence electrons. The first-order valence-electron chi connectivity index (χ1n) is 8.95. The van der Waals surface area contributed by atoms with Crippen LogP contribution in [0.15, 0.2) is 23.3 Å². The molecule has 0 spiro atoms. The molecule has 0 saturated heterocycles. The summed E-state index contributed by atoms with van der Waals surface area (Å²) in [7, 11) is 0. The highest BCUT2D eigenvalue weighted by Crippen LogP contribution is 2.17.